The van der Waals surface area contributed by atoms with Crippen molar-refractivity contribution >= 4 is 11.6 Å². The lowest BCUT2D eigenvalue weighted by atomic mass is 10.0. The maximum atomic E-state index is 12.3. The summed E-state index contributed by atoms with van der Waals surface area (Å²) < 4.78 is 0. The lowest BCUT2D eigenvalue weighted by Gasteiger charge is -2.17. The second-order valence-electron chi connectivity index (χ2n) is 6.20. The van der Waals surface area contributed by atoms with Crippen molar-refractivity contribution in [2.24, 2.45) is 0 Å². The van der Waals surface area contributed by atoms with E-state index in [1.54, 1.807) is 0 Å². The SMILES string of the molecule is CCN(CC)CCCN/C=C(/C#N)C(=O)Nc1ccccc1C(C)C. The van der Waals surface area contributed by atoms with Crippen molar-refractivity contribution < 1.29 is 4.79 Å². The third-order valence-electron chi connectivity index (χ3n) is 4.13. The van der Waals surface area contributed by atoms with Gasteiger partial charge in [0.2, 0.25) is 0 Å². The Morgan fingerprint density at radius 1 is 1.28 bits per heavy atom. The number of hydrogen-bond acceptors (Lipinski definition) is 4. The molecular formula is C20H30N4O. The van der Waals surface area contributed by atoms with E-state index in [1.807, 2.05) is 30.3 Å². The minimum atomic E-state index is -0.383. The highest BCUT2D eigenvalue weighted by molar-refractivity contribution is 6.06. The zero-order valence-corrected chi connectivity index (χ0v) is 15.8. The van der Waals surface area contributed by atoms with E-state index in [4.69, 9.17) is 0 Å². The molecule has 5 nitrogen and oxygen atoms in total. The van der Waals surface area contributed by atoms with E-state index in [1.165, 1.54) is 6.20 Å². The van der Waals surface area contributed by atoms with Crippen LogP contribution in [0.4, 0.5) is 5.69 Å². The number of nitrogens with zero attached hydrogens (tertiary/aromatic N) is 2. The van der Waals surface area contributed by atoms with Gasteiger partial charge in [0.15, 0.2) is 0 Å². The Hall–Kier alpha value is -2.32. The van der Waals surface area contributed by atoms with Gasteiger partial charge in [-0.25, -0.2) is 0 Å². The molecule has 1 amide bonds. The molecular weight excluding hydrogens is 312 g/mol. The van der Waals surface area contributed by atoms with E-state index in [0.29, 0.717) is 5.92 Å². The summed E-state index contributed by atoms with van der Waals surface area (Å²) in [5, 5.41) is 15.2. The van der Waals surface area contributed by atoms with Crippen molar-refractivity contribution in [2.45, 2.75) is 40.0 Å². The summed E-state index contributed by atoms with van der Waals surface area (Å²) in [6, 6.07) is 9.64. The first-order valence-electron chi connectivity index (χ1n) is 8.99. The molecule has 1 aromatic carbocycles. The summed E-state index contributed by atoms with van der Waals surface area (Å²) in [5.41, 5.74) is 1.90. The number of carbonyl (C=O) groups excluding carboxylic acids is 1. The molecule has 136 valence electrons. The Bertz CT molecular complexity index is 612. The second kappa shape index (κ2) is 11.3. The molecule has 0 radical (unpaired) electrons. The van der Waals surface area contributed by atoms with Crippen molar-refractivity contribution in [1.29, 1.82) is 5.26 Å². The van der Waals surface area contributed by atoms with Gasteiger partial charge in [-0.1, -0.05) is 45.9 Å². The normalized spacial score (nSPS) is 11.5. The molecule has 0 aliphatic rings. The van der Waals surface area contributed by atoms with Gasteiger partial charge < -0.3 is 15.5 Å². The molecule has 0 heterocycles. The van der Waals surface area contributed by atoms with Crippen LogP contribution in [0.15, 0.2) is 36.0 Å². The number of carbonyl (C=O) groups is 1. The van der Waals surface area contributed by atoms with Gasteiger partial charge in [0.05, 0.1) is 0 Å². The molecule has 0 aliphatic heterocycles. The minimum absolute atomic E-state index is 0.0846. The molecule has 1 rings (SSSR count). The molecule has 0 fully saturated rings. The third kappa shape index (κ3) is 6.98. The molecule has 0 aliphatic carbocycles. The average Bonchev–Trinajstić information content (AvgIpc) is 2.61. The van der Waals surface area contributed by atoms with Crippen molar-refractivity contribution in [3.63, 3.8) is 0 Å². The third-order valence-corrected chi connectivity index (χ3v) is 4.13. The highest BCUT2D eigenvalue weighted by atomic mass is 16.1. The largest absolute Gasteiger partial charge is 0.390 e. The number of para-hydroxylation sites is 1. The molecule has 0 spiro atoms. The predicted octanol–water partition coefficient (Wildman–Crippen LogP) is 3.48. The predicted molar refractivity (Wildman–Crippen MR) is 103 cm³/mol. The molecule has 0 bridgehead atoms. The fourth-order valence-corrected chi connectivity index (χ4v) is 2.57. The van der Waals surface area contributed by atoms with E-state index < -0.39 is 0 Å². The zero-order chi connectivity index (χ0) is 18.7. The van der Waals surface area contributed by atoms with Crippen LogP contribution in [-0.2, 0) is 4.79 Å². The van der Waals surface area contributed by atoms with Gasteiger partial charge in [-0.2, -0.15) is 5.26 Å². The monoisotopic (exact) mass is 342 g/mol. The van der Waals surface area contributed by atoms with Gasteiger partial charge in [0, 0.05) is 18.4 Å². The van der Waals surface area contributed by atoms with E-state index in [2.05, 4.69) is 43.2 Å². The first-order chi connectivity index (χ1) is 12.0. The molecule has 2 N–H and O–H groups in total. The maximum Gasteiger partial charge on any atom is 0.267 e. The summed E-state index contributed by atoms with van der Waals surface area (Å²) in [5.74, 6) is -0.0870. The lowest BCUT2D eigenvalue weighted by Crippen LogP contribution is -2.26. The van der Waals surface area contributed by atoms with Crippen molar-refractivity contribution in [3.05, 3.63) is 41.6 Å². The Morgan fingerprint density at radius 2 is 1.96 bits per heavy atom. The quantitative estimate of drug-likeness (QED) is 0.388. The van der Waals surface area contributed by atoms with Gasteiger partial charge in [0.1, 0.15) is 11.6 Å². The molecule has 1 aromatic rings. The summed E-state index contributed by atoms with van der Waals surface area (Å²) >= 11 is 0. The smallest absolute Gasteiger partial charge is 0.267 e. The second-order valence-corrected chi connectivity index (χ2v) is 6.20. The van der Waals surface area contributed by atoms with Crippen molar-refractivity contribution in [2.75, 3.05) is 31.5 Å². The Balaban J connectivity index is 2.59. The molecule has 5 heteroatoms. The summed E-state index contributed by atoms with van der Waals surface area (Å²) in [6.45, 7) is 12.2. The number of hydrogen-bond donors (Lipinski definition) is 2. The van der Waals surface area contributed by atoms with Crippen LogP contribution < -0.4 is 10.6 Å². The lowest BCUT2D eigenvalue weighted by molar-refractivity contribution is -0.112. The Morgan fingerprint density at radius 3 is 2.56 bits per heavy atom. The molecule has 0 atom stereocenters. The van der Waals surface area contributed by atoms with Crippen LogP contribution in [0, 0.1) is 11.3 Å². The topological polar surface area (TPSA) is 68.2 Å². The molecule has 0 saturated heterocycles. The Kier molecular flexibility index (Phi) is 9.34. The van der Waals surface area contributed by atoms with Crippen molar-refractivity contribution in [3.8, 4) is 6.07 Å². The first kappa shape index (κ1) is 20.7. The van der Waals surface area contributed by atoms with Crippen LogP contribution in [0.5, 0.6) is 0 Å². The number of rotatable bonds is 10. The standard InChI is InChI=1S/C20H30N4O/c1-5-24(6-2)13-9-12-22-15-17(14-21)20(25)23-19-11-8-7-10-18(19)16(3)4/h7-8,10-11,15-16,22H,5-6,9,12-13H2,1-4H3,(H,23,25)/b17-15-. The van der Waals surface area contributed by atoms with Crippen molar-refractivity contribution in [1.82, 2.24) is 10.2 Å². The number of amides is 1. The first-order valence-corrected chi connectivity index (χ1v) is 8.99. The fraction of sp³-hybridized carbons (Fsp3) is 0.500. The van der Waals surface area contributed by atoms with Crippen LogP contribution in [0.2, 0.25) is 0 Å². The molecule has 0 aromatic heterocycles. The maximum absolute atomic E-state index is 12.3. The van der Waals surface area contributed by atoms with Gasteiger partial charge in [-0.15, -0.1) is 0 Å². The highest BCUT2D eigenvalue weighted by Gasteiger charge is 2.12. The average molecular weight is 342 g/mol. The van der Waals surface area contributed by atoms with Gasteiger partial charge in [0.25, 0.3) is 5.91 Å². The van der Waals surface area contributed by atoms with Crippen LogP contribution in [0.3, 0.4) is 0 Å². The summed E-state index contributed by atoms with van der Waals surface area (Å²) in [7, 11) is 0. The van der Waals surface area contributed by atoms with Gasteiger partial charge in [-0.3, -0.25) is 4.79 Å². The van der Waals surface area contributed by atoms with E-state index >= 15 is 0 Å². The number of nitrogens with one attached hydrogen (secondary N) is 2. The molecule has 0 unspecified atom stereocenters. The van der Waals surface area contributed by atoms with E-state index in [-0.39, 0.29) is 11.5 Å². The Labute approximate surface area is 151 Å². The van der Waals surface area contributed by atoms with Gasteiger partial charge in [-0.05, 0) is 43.6 Å². The van der Waals surface area contributed by atoms with Crippen LogP contribution in [0.1, 0.15) is 45.6 Å². The summed E-state index contributed by atoms with van der Waals surface area (Å²) in [4.78, 5) is 14.7. The van der Waals surface area contributed by atoms with Crippen LogP contribution in [-0.4, -0.2) is 37.0 Å². The van der Waals surface area contributed by atoms with E-state index in [0.717, 1.165) is 43.9 Å². The number of anilines is 1. The highest BCUT2D eigenvalue weighted by Crippen LogP contribution is 2.23. The zero-order valence-electron chi connectivity index (χ0n) is 15.8. The number of benzene rings is 1. The fourth-order valence-electron chi connectivity index (χ4n) is 2.57. The van der Waals surface area contributed by atoms with E-state index in [9.17, 15) is 10.1 Å². The number of nitriles is 1. The molecule has 25 heavy (non-hydrogen) atoms. The molecule has 0 saturated carbocycles. The van der Waals surface area contributed by atoms with Gasteiger partial charge >= 0.3 is 0 Å². The minimum Gasteiger partial charge on any atom is -0.390 e. The summed E-state index contributed by atoms with van der Waals surface area (Å²) in [6.07, 6.45) is 2.48. The van der Waals surface area contributed by atoms with Crippen LogP contribution >= 0.6 is 0 Å². The van der Waals surface area contributed by atoms with Crippen LogP contribution in [0.25, 0.3) is 0 Å².